The number of anilines is 3. The molecule has 0 aliphatic carbocycles. The van der Waals surface area contributed by atoms with Gasteiger partial charge in [-0.15, -0.1) is 11.3 Å². The van der Waals surface area contributed by atoms with Gasteiger partial charge < -0.3 is 10.2 Å². The molecule has 0 bridgehead atoms. The minimum atomic E-state index is -0.352. The maximum atomic E-state index is 13.9. The second-order valence-electron chi connectivity index (χ2n) is 8.55. The van der Waals surface area contributed by atoms with E-state index < -0.39 is 0 Å². The van der Waals surface area contributed by atoms with Gasteiger partial charge in [-0.25, -0.2) is 14.4 Å². The zero-order chi connectivity index (χ0) is 23.9. The van der Waals surface area contributed by atoms with Crippen molar-refractivity contribution in [3.05, 3.63) is 75.7 Å². The Kier molecular flexibility index (Phi) is 6.17. The molecule has 4 aromatic rings. The van der Waals surface area contributed by atoms with Crippen LogP contribution in [0, 0.1) is 26.6 Å². The molecule has 0 aliphatic rings. The van der Waals surface area contributed by atoms with Crippen molar-refractivity contribution in [3.63, 3.8) is 0 Å². The number of thiophene rings is 1. The molecular weight excluding hydrogens is 435 g/mol. The molecule has 7 heteroatoms. The number of aryl methyl sites for hydroxylation is 3. The zero-order valence-corrected chi connectivity index (χ0v) is 20.5. The van der Waals surface area contributed by atoms with Crippen LogP contribution in [0.25, 0.3) is 10.2 Å². The Balaban J connectivity index is 1.73. The van der Waals surface area contributed by atoms with E-state index in [0.717, 1.165) is 27.3 Å². The van der Waals surface area contributed by atoms with Crippen LogP contribution in [-0.2, 0) is 0 Å². The molecule has 1 amide bonds. The van der Waals surface area contributed by atoms with Crippen LogP contribution in [0.15, 0.2) is 42.5 Å². The summed E-state index contributed by atoms with van der Waals surface area (Å²) in [4.78, 5) is 25.7. The molecule has 0 saturated carbocycles. The van der Waals surface area contributed by atoms with Crippen molar-refractivity contribution in [1.82, 2.24) is 9.97 Å². The normalized spacial score (nSPS) is 11.3. The van der Waals surface area contributed by atoms with E-state index in [-0.39, 0.29) is 11.7 Å². The first-order valence-corrected chi connectivity index (χ1v) is 11.7. The molecule has 1 N–H and O–H groups in total. The predicted octanol–water partition coefficient (Wildman–Crippen LogP) is 6.90. The number of nitrogens with one attached hydrogen (secondary N) is 1. The van der Waals surface area contributed by atoms with Crippen LogP contribution >= 0.6 is 11.3 Å². The fraction of sp³-hybridized carbons (Fsp3) is 0.269. The van der Waals surface area contributed by atoms with Gasteiger partial charge in [-0.2, -0.15) is 0 Å². The molecule has 2 aromatic heterocycles. The SMILES string of the molecule is Cc1nc(N(C)c2ccc(C(C)C)cc2)c2c(C)c(C(=O)Nc3ccc(C)c(F)c3)sc2n1. The highest BCUT2D eigenvalue weighted by atomic mass is 32.1. The fourth-order valence-corrected chi connectivity index (χ4v) is 4.86. The van der Waals surface area contributed by atoms with Crippen LogP contribution in [-0.4, -0.2) is 22.9 Å². The van der Waals surface area contributed by atoms with Gasteiger partial charge in [0.1, 0.15) is 22.3 Å². The Bertz CT molecular complexity index is 1340. The van der Waals surface area contributed by atoms with Crippen molar-refractivity contribution in [2.24, 2.45) is 0 Å². The van der Waals surface area contributed by atoms with Crippen LogP contribution in [0.5, 0.6) is 0 Å². The van der Waals surface area contributed by atoms with Crippen molar-refractivity contribution in [3.8, 4) is 0 Å². The smallest absolute Gasteiger partial charge is 0.266 e. The highest BCUT2D eigenvalue weighted by molar-refractivity contribution is 7.20. The van der Waals surface area contributed by atoms with Gasteiger partial charge in [0.2, 0.25) is 0 Å². The van der Waals surface area contributed by atoms with E-state index in [1.165, 1.54) is 23.0 Å². The van der Waals surface area contributed by atoms with Crippen LogP contribution in [0.2, 0.25) is 0 Å². The van der Waals surface area contributed by atoms with E-state index in [2.05, 4.69) is 48.4 Å². The topological polar surface area (TPSA) is 58.1 Å². The first kappa shape index (κ1) is 22.9. The molecule has 2 aromatic carbocycles. The van der Waals surface area contributed by atoms with E-state index >= 15 is 0 Å². The number of halogens is 1. The first-order chi connectivity index (χ1) is 15.7. The molecule has 4 rings (SSSR count). The summed E-state index contributed by atoms with van der Waals surface area (Å²) in [6.07, 6.45) is 0. The molecule has 170 valence electrons. The van der Waals surface area contributed by atoms with Crippen LogP contribution in [0.1, 0.15) is 52.0 Å². The number of fused-ring (bicyclic) bond motifs is 1. The van der Waals surface area contributed by atoms with E-state index in [0.29, 0.717) is 27.9 Å². The molecule has 0 atom stereocenters. The van der Waals surface area contributed by atoms with Crippen molar-refractivity contribution >= 4 is 44.7 Å². The van der Waals surface area contributed by atoms with E-state index in [4.69, 9.17) is 4.98 Å². The molecular formula is C26H27FN4OS. The largest absolute Gasteiger partial charge is 0.329 e. The lowest BCUT2D eigenvalue weighted by molar-refractivity contribution is 0.103. The third kappa shape index (κ3) is 4.46. The average Bonchev–Trinajstić information content (AvgIpc) is 3.11. The Labute approximate surface area is 197 Å². The second kappa shape index (κ2) is 8.90. The number of carbonyl (C=O) groups excluding carboxylic acids is 1. The standard InChI is InChI=1S/C26H27FN4OS/c1-14(2)18-8-11-20(12-9-18)31(6)24-22-16(4)23(33-26(22)29-17(5)28-24)25(32)30-19-10-7-15(3)21(27)13-19/h7-14H,1-6H3,(H,30,32). The van der Waals surface area contributed by atoms with Gasteiger partial charge in [-0.05, 0) is 67.6 Å². The predicted molar refractivity (Wildman–Crippen MR) is 135 cm³/mol. The lowest BCUT2D eigenvalue weighted by Gasteiger charge is -2.20. The lowest BCUT2D eigenvalue weighted by atomic mass is 10.0. The Hall–Kier alpha value is -3.32. The molecule has 5 nitrogen and oxygen atoms in total. The number of nitrogens with zero attached hydrogens (tertiary/aromatic N) is 3. The Morgan fingerprint density at radius 3 is 2.39 bits per heavy atom. The molecule has 0 unspecified atom stereocenters. The number of hydrogen-bond donors (Lipinski definition) is 1. The summed E-state index contributed by atoms with van der Waals surface area (Å²) in [5, 5.41) is 3.66. The van der Waals surface area contributed by atoms with E-state index in [9.17, 15) is 9.18 Å². The number of rotatable bonds is 5. The minimum absolute atomic E-state index is 0.286. The highest BCUT2D eigenvalue weighted by Crippen LogP contribution is 2.38. The van der Waals surface area contributed by atoms with Crippen molar-refractivity contribution in [1.29, 1.82) is 0 Å². The first-order valence-electron chi connectivity index (χ1n) is 10.8. The molecule has 0 spiro atoms. The van der Waals surface area contributed by atoms with Crippen molar-refractivity contribution in [2.75, 3.05) is 17.3 Å². The number of benzene rings is 2. The monoisotopic (exact) mass is 462 g/mol. The van der Waals surface area contributed by atoms with Gasteiger partial charge in [0.25, 0.3) is 5.91 Å². The minimum Gasteiger partial charge on any atom is -0.329 e. The van der Waals surface area contributed by atoms with Crippen molar-refractivity contribution in [2.45, 2.75) is 40.5 Å². The second-order valence-corrected chi connectivity index (χ2v) is 9.55. The van der Waals surface area contributed by atoms with Crippen molar-refractivity contribution < 1.29 is 9.18 Å². The summed E-state index contributed by atoms with van der Waals surface area (Å²) in [6.45, 7) is 9.78. The summed E-state index contributed by atoms with van der Waals surface area (Å²) >= 11 is 1.32. The number of carbonyl (C=O) groups is 1. The Morgan fingerprint density at radius 1 is 1.06 bits per heavy atom. The molecule has 0 radical (unpaired) electrons. The third-order valence-corrected chi connectivity index (χ3v) is 6.97. The molecule has 2 heterocycles. The van der Waals surface area contributed by atoms with Gasteiger partial charge >= 0.3 is 0 Å². The zero-order valence-electron chi connectivity index (χ0n) is 19.7. The van der Waals surface area contributed by atoms with Crippen LogP contribution in [0.3, 0.4) is 0 Å². The molecule has 0 aliphatic heterocycles. The summed E-state index contributed by atoms with van der Waals surface area (Å²) in [7, 11) is 1.97. The molecule has 33 heavy (non-hydrogen) atoms. The molecule has 0 fully saturated rings. The van der Waals surface area contributed by atoms with Gasteiger partial charge in [0.05, 0.1) is 10.3 Å². The van der Waals surface area contributed by atoms with Crippen LogP contribution in [0.4, 0.5) is 21.6 Å². The number of aromatic nitrogens is 2. The van der Waals surface area contributed by atoms with Gasteiger partial charge in [0, 0.05) is 18.4 Å². The number of hydrogen-bond acceptors (Lipinski definition) is 5. The van der Waals surface area contributed by atoms with Gasteiger partial charge in [-0.3, -0.25) is 4.79 Å². The van der Waals surface area contributed by atoms with Crippen LogP contribution < -0.4 is 10.2 Å². The van der Waals surface area contributed by atoms with E-state index in [1.807, 2.05) is 25.8 Å². The maximum absolute atomic E-state index is 13.9. The fourth-order valence-electron chi connectivity index (χ4n) is 3.74. The average molecular weight is 463 g/mol. The van der Waals surface area contributed by atoms with Gasteiger partial charge in [-0.1, -0.05) is 32.0 Å². The summed E-state index contributed by atoms with van der Waals surface area (Å²) in [5.41, 5.74) is 4.04. The summed E-state index contributed by atoms with van der Waals surface area (Å²) in [6, 6.07) is 13.1. The van der Waals surface area contributed by atoms with E-state index in [1.54, 1.807) is 19.1 Å². The third-order valence-electron chi connectivity index (χ3n) is 5.78. The molecule has 0 saturated heterocycles. The summed E-state index contributed by atoms with van der Waals surface area (Å²) in [5.74, 6) is 1.21. The highest BCUT2D eigenvalue weighted by Gasteiger charge is 2.22. The lowest BCUT2D eigenvalue weighted by Crippen LogP contribution is -2.14. The summed E-state index contributed by atoms with van der Waals surface area (Å²) < 4.78 is 13.9. The number of amides is 1. The van der Waals surface area contributed by atoms with Gasteiger partial charge in [0.15, 0.2) is 0 Å². The Morgan fingerprint density at radius 2 is 1.76 bits per heavy atom. The quantitative estimate of drug-likeness (QED) is 0.350. The maximum Gasteiger partial charge on any atom is 0.266 e.